The van der Waals surface area contributed by atoms with Gasteiger partial charge < -0.3 is 9.32 Å². The van der Waals surface area contributed by atoms with Gasteiger partial charge in [0, 0.05) is 25.3 Å². The second kappa shape index (κ2) is 8.06. The summed E-state index contributed by atoms with van der Waals surface area (Å²) in [6.45, 7) is 2.72. The molecule has 0 unspecified atom stereocenters. The topological polar surface area (TPSA) is 70.9 Å². The Morgan fingerprint density at radius 3 is 2.87 bits per heavy atom. The quantitative estimate of drug-likeness (QED) is 0.572. The predicted molar refractivity (Wildman–Crippen MR) is 89.5 cm³/mol. The molecule has 0 aliphatic carbocycles. The summed E-state index contributed by atoms with van der Waals surface area (Å²) in [5.41, 5.74) is 0. The molecule has 0 saturated carbocycles. The molecule has 1 aliphatic heterocycles. The Morgan fingerprint density at radius 1 is 1.26 bits per heavy atom. The first-order valence-corrected chi connectivity index (χ1v) is 9.07. The standard InChI is InChI=1S/C16H21N5OS/c17-8-2-5-12-23-16-19-18-15(20-9-3-1-4-10-20)21(16)13-14-7-6-11-22-14/h6-7,11H,1-5,9-10,12-13H2. The van der Waals surface area contributed by atoms with Gasteiger partial charge in [-0.3, -0.25) is 4.57 Å². The van der Waals surface area contributed by atoms with Crippen molar-refractivity contribution in [3.05, 3.63) is 24.2 Å². The molecule has 2 aromatic heterocycles. The zero-order valence-corrected chi connectivity index (χ0v) is 14.0. The summed E-state index contributed by atoms with van der Waals surface area (Å²) < 4.78 is 7.64. The highest BCUT2D eigenvalue weighted by molar-refractivity contribution is 7.99. The molecule has 0 N–H and O–H groups in total. The van der Waals surface area contributed by atoms with E-state index in [9.17, 15) is 0 Å². The molecule has 23 heavy (non-hydrogen) atoms. The van der Waals surface area contributed by atoms with Crippen molar-refractivity contribution >= 4 is 17.7 Å². The number of furan rings is 1. The second-order valence-electron chi connectivity index (χ2n) is 5.61. The molecule has 6 nitrogen and oxygen atoms in total. The zero-order valence-electron chi connectivity index (χ0n) is 13.1. The number of thioether (sulfide) groups is 1. The van der Waals surface area contributed by atoms with Crippen molar-refractivity contribution in [2.24, 2.45) is 0 Å². The van der Waals surface area contributed by atoms with Crippen molar-refractivity contribution in [1.29, 1.82) is 5.26 Å². The van der Waals surface area contributed by atoms with Crippen LogP contribution in [-0.4, -0.2) is 33.6 Å². The third-order valence-corrected chi connectivity index (χ3v) is 4.95. The molecule has 1 fully saturated rings. The Morgan fingerprint density at radius 2 is 2.13 bits per heavy atom. The third kappa shape index (κ3) is 4.08. The Hall–Kier alpha value is -1.94. The first kappa shape index (κ1) is 15.9. The number of hydrogen-bond acceptors (Lipinski definition) is 6. The maximum Gasteiger partial charge on any atom is 0.228 e. The predicted octanol–water partition coefficient (Wildman–Crippen LogP) is 3.31. The molecule has 0 radical (unpaired) electrons. The highest BCUT2D eigenvalue weighted by atomic mass is 32.2. The lowest BCUT2D eigenvalue weighted by atomic mass is 10.1. The van der Waals surface area contributed by atoms with Crippen LogP contribution >= 0.6 is 11.8 Å². The molecular formula is C16H21N5OS. The van der Waals surface area contributed by atoms with E-state index in [-0.39, 0.29) is 0 Å². The van der Waals surface area contributed by atoms with Crippen molar-refractivity contribution in [2.75, 3.05) is 23.7 Å². The lowest BCUT2D eigenvalue weighted by Crippen LogP contribution is -2.32. The molecule has 1 saturated heterocycles. The van der Waals surface area contributed by atoms with E-state index >= 15 is 0 Å². The molecule has 0 spiro atoms. The number of anilines is 1. The number of nitriles is 1. The average molecular weight is 331 g/mol. The second-order valence-corrected chi connectivity index (χ2v) is 6.67. The van der Waals surface area contributed by atoms with Crippen molar-refractivity contribution in [2.45, 2.75) is 43.8 Å². The first-order valence-electron chi connectivity index (χ1n) is 8.09. The zero-order chi connectivity index (χ0) is 15.9. The van der Waals surface area contributed by atoms with Gasteiger partial charge in [0.05, 0.1) is 18.9 Å². The Bertz CT molecular complexity index is 640. The van der Waals surface area contributed by atoms with Crippen LogP contribution in [0.4, 0.5) is 5.95 Å². The molecule has 0 amide bonds. The summed E-state index contributed by atoms with van der Waals surface area (Å²) in [6.07, 6.45) is 6.85. The molecule has 0 aromatic carbocycles. The Balaban J connectivity index is 1.77. The van der Waals surface area contributed by atoms with E-state index in [0.29, 0.717) is 13.0 Å². The minimum absolute atomic E-state index is 0.582. The fourth-order valence-electron chi connectivity index (χ4n) is 2.73. The number of nitrogens with zero attached hydrogens (tertiary/aromatic N) is 5. The minimum Gasteiger partial charge on any atom is -0.467 e. The van der Waals surface area contributed by atoms with Gasteiger partial charge in [-0.25, -0.2) is 0 Å². The van der Waals surface area contributed by atoms with Crippen LogP contribution in [0.2, 0.25) is 0 Å². The molecule has 0 bridgehead atoms. The van der Waals surface area contributed by atoms with Crippen LogP contribution in [-0.2, 0) is 6.54 Å². The highest BCUT2D eigenvalue weighted by Crippen LogP contribution is 2.26. The van der Waals surface area contributed by atoms with Crippen molar-refractivity contribution in [1.82, 2.24) is 14.8 Å². The molecule has 1 aliphatic rings. The first-order chi connectivity index (χ1) is 11.4. The molecule has 0 atom stereocenters. The highest BCUT2D eigenvalue weighted by Gasteiger charge is 2.21. The number of rotatable bonds is 7. The Labute approximate surface area is 140 Å². The summed E-state index contributed by atoms with van der Waals surface area (Å²) in [5, 5.41) is 18.4. The van der Waals surface area contributed by atoms with Crippen LogP contribution in [0.1, 0.15) is 37.9 Å². The summed E-state index contributed by atoms with van der Waals surface area (Å²) in [4.78, 5) is 2.32. The van der Waals surface area contributed by atoms with Crippen molar-refractivity contribution in [3.63, 3.8) is 0 Å². The normalized spacial score (nSPS) is 14.8. The number of aromatic nitrogens is 3. The van der Waals surface area contributed by atoms with Gasteiger partial charge in [-0.1, -0.05) is 11.8 Å². The third-order valence-electron chi connectivity index (χ3n) is 3.89. The average Bonchev–Trinajstić information content (AvgIpc) is 3.23. The van der Waals surface area contributed by atoms with Crippen LogP contribution in [0.5, 0.6) is 0 Å². The van der Waals surface area contributed by atoms with E-state index in [1.165, 1.54) is 19.3 Å². The summed E-state index contributed by atoms with van der Waals surface area (Å²) in [7, 11) is 0. The van der Waals surface area contributed by atoms with Gasteiger partial charge in [0.1, 0.15) is 5.76 Å². The van der Waals surface area contributed by atoms with Gasteiger partial charge >= 0.3 is 0 Å². The fourth-order valence-corrected chi connectivity index (χ4v) is 3.60. The Kier molecular flexibility index (Phi) is 5.59. The number of hydrogen-bond donors (Lipinski definition) is 0. The SMILES string of the molecule is N#CCCCSc1nnc(N2CCCCC2)n1Cc1ccco1. The maximum absolute atomic E-state index is 8.65. The van der Waals surface area contributed by atoms with Crippen LogP contribution in [0.15, 0.2) is 28.0 Å². The van der Waals surface area contributed by atoms with Crippen LogP contribution in [0.3, 0.4) is 0 Å². The molecule has 3 heterocycles. The number of piperidine rings is 1. The maximum atomic E-state index is 8.65. The van der Waals surface area contributed by atoms with Crippen LogP contribution in [0, 0.1) is 11.3 Å². The monoisotopic (exact) mass is 331 g/mol. The van der Waals surface area contributed by atoms with Crippen LogP contribution in [0.25, 0.3) is 0 Å². The molecule has 122 valence electrons. The van der Waals surface area contributed by atoms with Gasteiger partial charge in [-0.2, -0.15) is 5.26 Å². The van der Waals surface area contributed by atoms with E-state index in [1.807, 2.05) is 12.1 Å². The van der Waals surface area contributed by atoms with E-state index in [0.717, 1.165) is 42.1 Å². The van der Waals surface area contributed by atoms with Crippen LogP contribution < -0.4 is 4.90 Å². The fraction of sp³-hybridized carbons (Fsp3) is 0.562. The molecule has 3 rings (SSSR count). The molecule has 7 heteroatoms. The van der Waals surface area contributed by atoms with Gasteiger partial charge in [-0.15, -0.1) is 10.2 Å². The number of unbranched alkanes of at least 4 members (excludes halogenated alkanes) is 1. The van der Waals surface area contributed by atoms with E-state index < -0.39 is 0 Å². The van der Waals surface area contributed by atoms with E-state index in [4.69, 9.17) is 9.68 Å². The van der Waals surface area contributed by atoms with Crippen molar-refractivity contribution in [3.8, 4) is 6.07 Å². The van der Waals surface area contributed by atoms with Gasteiger partial charge in [0.15, 0.2) is 5.16 Å². The summed E-state index contributed by atoms with van der Waals surface area (Å²) in [6, 6.07) is 6.06. The van der Waals surface area contributed by atoms with Gasteiger partial charge in [-0.05, 0) is 37.8 Å². The lowest BCUT2D eigenvalue weighted by Gasteiger charge is -2.27. The summed E-state index contributed by atoms with van der Waals surface area (Å²) in [5.74, 6) is 2.72. The van der Waals surface area contributed by atoms with Gasteiger partial charge in [0.25, 0.3) is 0 Å². The lowest BCUT2D eigenvalue weighted by molar-refractivity contribution is 0.479. The van der Waals surface area contributed by atoms with E-state index in [1.54, 1.807) is 18.0 Å². The molecule has 2 aromatic rings. The van der Waals surface area contributed by atoms with Crippen molar-refractivity contribution < 1.29 is 4.42 Å². The largest absolute Gasteiger partial charge is 0.467 e. The van der Waals surface area contributed by atoms with Gasteiger partial charge in [0.2, 0.25) is 5.95 Å². The summed E-state index contributed by atoms with van der Waals surface area (Å²) >= 11 is 1.66. The minimum atomic E-state index is 0.582. The smallest absolute Gasteiger partial charge is 0.228 e. The molecular weight excluding hydrogens is 310 g/mol. The van der Waals surface area contributed by atoms with E-state index in [2.05, 4.69) is 25.7 Å².